The summed E-state index contributed by atoms with van der Waals surface area (Å²) in [4.78, 5) is 4.48. The smallest absolute Gasteiger partial charge is 0.226 e. The molecule has 1 aromatic heterocycles. The van der Waals surface area contributed by atoms with Crippen LogP contribution in [-0.2, 0) is 6.42 Å². The van der Waals surface area contributed by atoms with Crippen LogP contribution in [0.5, 0.6) is 0 Å². The largest absolute Gasteiger partial charge is 0.339 e. The third kappa shape index (κ3) is 1.91. The van der Waals surface area contributed by atoms with Crippen molar-refractivity contribution in [3.63, 3.8) is 0 Å². The van der Waals surface area contributed by atoms with E-state index >= 15 is 0 Å². The van der Waals surface area contributed by atoms with Gasteiger partial charge in [-0.1, -0.05) is 12.1 Å². The summed E-state index contributed by atoms with van der Waals surface area (Å²) in [5.41, 5.74) is 0. The van der Waals surface area contributed by atoms with Gasteiger partial charge in [0.25, 0.3) is 0 Å². The zero-order valence-corrected chi connectivity index (χ0v) is 9.07. The first-order chi connectivity index (χ1) is 7.33. The molecule has 2 aliphatic rings. The number of hydrogen-bond acceptors (Lipinski definition) is 4. The minimum Gasteiger partial charge on any atom is -0.339 e. The topological polar surface area (TPSA) is 51.0 Å². The molecule has 3 atom stereocenters. The fourth-order valence-corrected chi connectivity index (χ4v) is 2.32. The zero-order chi connectivity index (χ0) is 10.3. The molecule has 1 aliphatic carbocycles. The average Bonchev–Trinajstić information content (AvgIpc) is 2.74. The van der Waals surface area contributed by atoms with Gasteiger partial charge in [0.15, 0.2) is 5.82 Å². The molecular formula is C11H17N3O. The van der Waals surface area contributed by atoms with Crippen LogP contribution in [0, 0.1) is 11.8 Å². The Kier molecular flexibility index (Phi) is 2.24. The van der Waals surface area contributed by atoms with Crippen molar-refractivity contribution < 1.29 is 4.52 Å². The fraction of sp³-hybridized carbons (Fsp3) is 0.818. The maximum Gasteiger partial charge on any atom is 0.226 e. The van der Waals surface area contributed by atoms with Gasteiger partial charge in [-0.05, 0) is 37.8 Å². The molecule has 2 heterocycles. The molecule has 4 heteroatoms. The van der Waals surface area contributed by atoms with Crippen LogP contribution in [0.1, 0.15) is 37.4 Å². The van der Waals surface area contributed by atoms with Gasteiger partial charge in [-0.15, -0.1) is 0 Å². The lowest BCUT2D eigenvalue weighted by atomic mass is 10.1. The summed E-state index contributed by atoms with van der Waals surface area (Å²) in [6.45, 7) is 4.46. The van der Waals surface area contributed by atoms with Gasteiger partial charge in [0.1, 0.15) is 0 Å². The Balaban J connectivity index is 1.63. The van der Waals surface area contributed by atoms with Gasteiger partial charge >= 0.3 is 0 Å². The lowest BCUT2D eigenvalue weighted by Gasteiger charge is -2.01. The monoisotopic (exact) mass is 207 g/mol. The fourth-order valence-electron chi connectivity index (χ4n) is 2.32. The SMILES string of the molecule is CC1CC1c1noc(CC2CCNC2)n1. The Morgan fingerprint density at radius 2 is 2.40 bits per heavy atom. The standard InChI is InChI=1S/C11H17N3O/c1-7-4-9(7)11-13-10(15-14-11)5-8-2-3-12-6-8/h7-9,12H,2-6H2,1H3. The molecular weight excluding hydrogens is 190 g/mol. The van der Waals surface area contributed by atoms with E-state index in [0.717, 1.165) is 37.1 Å². The van der Waals surface area contributed by atoms with Crippen LogP contribution >= 0.6 is 0 Å². The Hall–Kier alpha value is -0.900. The predicted octanol–water partition coefficient (Wildman–Crippen LogP) is 1.34. The van der Waals surface area contributed by atoms with Gasteiger partial charge in [0, 0.05) is 12.3 Å². The molecule has 15 heavy (non-hydrogen) atoms. The minimum absolute atomic E-state index is 0.573. The number of aromatic nitrogens is 2. The third-order valence-electron chi connectivity index (χ3n) is 3.55. The molecule has 0 radical (unpaired) electrons. The maximum atomic E-state index is 5.29. The van der Waals surface area contributed by atoms with Gasteiger partial charge in [-0.2, -0.15) is 4.98 Å². The minimum atomic E-state index is 0.573. The Morgan fingerprint density at radius 3 is 3.07 bits per heavy atom. The molecule has 0 aromatic carbocycles. The van der Waals surface area contributed by atoms with E-state index in [4.69, 9.17) is 4.52 Å². The van der Waals surface area contributed by atoms with Crippen LogP contribution in [0.25, 0.3) is 0 Å². The van der Waals surface area contributed by atoms with Crippen LogP contribution < -0.4 is 5.32 Å². The van der Waals surface area contributed by atoms with E-state index < -0.39 is 0 Å². The van der Waals surface area contributed by atoms with Gasteiger partial charge in [0.05, 0.1) is 0 Å². The van der Waals surface area contributed by atoms with Crippen molar-refractivity contribution in [2.45, 2.75) is 32.1 Å². The molecule has 0 amide bonds. The highest BCUT2D eigenvalue weighted by atomic mass is 16.5. The van der Waals surface area contributed by atoms with E-state index in [-0.39, 0.29) is 0 Å². The number of nitrogens with zero attached hydrogens (tertiary/aromatic N) is 2. The van der Waals surface area contributed by atoms with E-state index in [2.05, 4.69) is 22.4 Å². The van der Waals surface area contributed by atoms with Gasteiger partial charge in [0.2, 0.25) is 5.89 Å². The summed E-state index contributed by atoms with van der Waals surface area (Å²) in [6, 6.07) is 0. The lowest BCUT2D eigenvalue weighted by Crippen LogP contribution is -2.10. The molecule has 4 nitrogen and oxygen atoms in total. The third-order valence-corrected chi connectivity index (χ3v) is 3.55. The normalized spacial score (nSPS) is 34.6. The quantitative estimate of drug-likeness (QED) is 0.812. The van der Waals surface area contributed by atoms with E-state index in [1.807, 2.05) is 0 Å². The first-order valence-electron chi connectivity index (χ1n) is 5.86. The van der Waals surface area contributed by atoms with Crippen molar-refractivity contribution >= 4 is 0 Å². The highest BCUT2D eigenvalue weighted by Gasteiger charge is 2.38. The molecule has 3 rings (SSSR count). The van der Waals surface area contributed by atoms with Crippen molar-refractivity contribution in [3.8, 4) is 0 Å². The molecule has 1 aliphatic heterocycles. The van der Waals surface area contributed by atoms with Crippen molar-refractivity contribution in [1.82, 2.24) is 15.5 Å². The van der Waals surface area contributed by atoms with Crippen molar-refractivity contribution in [2.24, 2.45) is 11.8 Å². The van der Waals surface area contributed by atoms with E-state index in [9.17, 15) is 0 Å². The predicted molar refractivity (Wildman–Crippen MR) is 55.5 cm³/mol. The molecule has 0 bridgehead atoms. The zero-order valence-electron chi connectivity index (χ0n) is 9.07. The van der Waals surface area contributed by atoms with Crippen LogP contribution in [-0.4, -0.2) is 23.2 Å². The van der Waals surface area contributed by atoms with Crippen molar-refractivity contribution in [3.05, 3.63) is 11.7 Å². The number of nitrogens with one attached hydrogen (secondary N) is 1. The summed E-state index contributed by atoms with van der Waals surface area (Å²) >= 11 is 0. The van der Waals surface area contributed by atoms with E-state index in [0.29, 0.717) is 11.8 Å². The second kappa shape index (κ2) is 3.59. The number of rotatable bonds is 3. The first-order valence-corrected chi connectivity index (χ1v) is 5.86. The Morgan fingerprint density at radius 1 is 1.53 bits per heavy atom. The van der Waals surface area contributed by atoms with Gasteiger partial charge in [-0.25, -0.2) is 0 Å². The van der Waals surface area contributed by atoms with Crippen LogP contribution in [0.2, 0.25) is 0 Å². The molecule has 1 N–H and O–H groups in total. The number of hydrogen-bond donors (Lipinski definition) is 1. The Bertz CT molecular complexity index is 343. The summed E-state index contributed by atoms with van der Waals surface area (Å²) in [5, 5.41) is 7.42. The summed E-state index contributed by atoms with van der Waals surface area (Å²) in [5.74, 6) is 3.78. The molecule has 3 unspecified atom stereocenters. The molecule has 1 saturated carbocycles. The van der Waals surface area contributed by atoms with Gasteiger partial charge < -0.3 is 9.84 Å². The van der Waals surface area contributed by atoms with Crippen molar-refractivity contribution in [1.29, 1.82) is 0 Å². The summed E-state index contributed by atoms with van der Waals surface area (Å²) in [6.07, 6.45) is 3.41. The van der Waals surface area contributed by atoms with E-state index in [1.54, 1.807) is 0 Å². The molecule has 82 valence electrons. The summed E-state index contributed by atoms with van der Waals surface area (Å²) < 4.78 is 5.29. The molecule has 1 saturated heterocycles. The van der Waals surface area contributed by atoms with Gasteiger partial charge in [-0.3, -0.25) is 0 Å². The molecule has 2 fully saturated rings. The highest BCUT2D eigenvalue weighted by molar-refractivity contribution is 5.07. The average molecular weight is 207 g/mol. The second-order valence-electron chi connectivity index (χ2n) is 4.93. The van der Waals surface area contributed by atoms with Crippen LogP contribution in [0.3, 0.4) is 0 Å². The van der Waals surface area contributed by atoms with Crippen molar-refractivity contribution in [2.75, 3.05) is 13.1 Å². The molecule has 1 aromatic rings. The first kappa shape index (κ1) is 9.33. The summed E-state index contributed by atoms with van der Waals surface area (Å²) in [7, 11) is 0. The lowest BCUT2D eigenvalue weighted by molar-refractivity contribution is 0.353. The van der Waals surface area contributed by atoms with Crippen LogP contribution in [0.4, 0.5) is 0 Å². The Labute approximate surface area is 89.4 Å². The van der Waals surface area contributed by atoms with E-state index in [1.165, 1.54) is 12.8 Å². The maximum absolute atomic E-state index is 5.29. The molecule has 0 spiro atoms. The van der Waals surface area contributed by atoms with Crippen LogP contribution in [0.15, 0.2) is 4.52 Å². The second-order valence-corrected chi connectivity index (χ2v) is 4.93. The highest BCUT2D eigenvalue weighted by Crippen LogP contribution is 2.45.